The van der Waals surface area contributed by atoms with Gasteiger partial charge in [-0.25, -0.2) is 4.79 Å². The number of benzene rings is 2. The van der Waals surface area contributed by atoms with Crippen molar-refractivity contribution in [3.8, 4) is 0 Å². The van der Waals surface area contributed by atoms with Crippen LogP contribution in [0.15, 0.2) is 42.6 Å². The van der Waals surface area contributed by atoms with Crippen LogP contribution in [0.25, 0.3) is 10.9 Å². The van der Waals surface area contributed by atoms with Gasteiger partial charge in [-0.2, -0.15) is 18.3 Å². The van der Waals surface area contributed by atoms with Gasteiger partial charge in [0.05, 0.1) is 34.4 Å². The lowest BCUT2D eigenvalue weighted by Crippen LogP contribution is -2.06. The molecular weight excluding hydrogens is 345 g/mol. The van der Waals surface area contributed by atoms with E-state index < -0.39 is 17.7 Å². The Labute approximate surface area is 139 Å². The third-order valence-electron chi connectivity index (χ3n) is 3.60. The number of hydrogen-bond acceptors (Lipinski definition) is 2. The summed E-state index contributed by atoms with van der Waals surface area (Å²) >= 11 is 6.13. The first kappa shape index (κ1) is 16.3. The predicted molar refractivity (Wildman–Crippen MR) is 82.2 cm³/mol. The van der Waals surface area contributed by atoms with E-state index in [1.165, 1.54) is 35.1 Å². The Morgan fingerprint density at radius 1 is 1.17 bits per heavy atom. The molecule has 0 radical (unpaired) electrons. The van der Waals surface area contributed by atoms with E-state index in [-0.39, 0.29) is 12.1 Å². The molecule has 0 fully saturated rings. The normalized spacial score (nSPS) is 11.8. The van der Waals surface area contributed by atoms with E-state index in [2.05, 4.69) is 5.10 Å². The lowest BCUT2D eigenvalue weighted by molar-refractivity contribution is -0.137. The van der Waals surface area contributed by atoms with Gasteiger partial charge in [0.1, 0.15) is 0 Å². The van der Waals surface area contributed by atoms with Crippen molar-refractivity contribution in [2.45, 2.75) is 12.7 Å². The van der Waals surface area contributed by atoms with Gasteiger partial charge < -0.3 is 5.11 Å². The molecule has 0 saturated carbocycles. The molecule has 24 heavy (non-hydrogen) atoms. The highest BCUT2D eigenvalue weighted by Crippen LogP contribution is 2.30. The van der Waals surface area contributed by atoms with Gasteiger partial charge in [-0.1, -0.05) is 23.7 Å². The highest BCUT2D eigenvalue weighted by Gasteiger charge is 2.29. The number of alkyl halides is 3. The van der Waals surface area contributed by atoms with Crippen molar-refractivity contribution in [1.29, 1.82) is 0 Å². The van der Waals surface area contributed by atoms with Crippen molar-refractivity contribution in [2.24, 2.45) is 0 Å². The Morgan fingerprint density at radius 3 is 2.42 bits per heavy atom. The van der Waals surface area contributed by atoms with Crippen molar-refractivity contribution in [3.63, 3.8) is 0 Å². The standard InChI is InChI=1S/C16H10ClF3N2O2/c17-13-6-5-11(15(23)24)12-7-21-22(14(12)13)8-9-1-3-10(4-2-9)16(18,19)20/h1-7H,8H2,(H,23,24). The molecule has 0 bridgehead atoms. The molecule has 0 amide bonds. The number of fused-ring (bicyclic) bond motifs is 1. The second-order valence-electron chi connectivity index (χ2n) is 5.16. The number of nitrogens with zero attached hydrogens (tertiary/aromatic N) is 2. The SMILES string of the molecule is O=C(O)c1ccc(Cl)c2c1cnn2Cc1ccc(C(F)(F)F)cc1. The lowest BCUT2D eigenvalue weighted by atomic mass is 10.1. The number of aromatic nitrogens is 2. The van der Waals surface area contributed by atoms with E-state index in [0.717, 1.165) is 12.1 Å². The minimum Gasteiger partial charge on any atom is -0.478 e. The fourth-order valence-electron chi connectivity index (χ4n) is 2.44. The van der Waals surface area contributed by atoms with Crippen LogP contribution in [0, 0.1) is 0 Å². The maximum atomic E-state index is 12.6. The smallest absolute Gasteiger partial charge is 0.416 e. The summed E-state index contributed by atoms with van der Waals surface area (Å²) in [4.78, 5) is 11.2. The van der Waals surface area contributed by atoms with Gasteiger partial charge in [-0.3, -0.25) is 4.68 Å². The van der Waals surface area contributed by atoms with Crippen LogP contribution >= 0.6 is 11.6 Å². The fraction of sp³-hybridized carbons (Fsp3) is 0.125. The van der Waals surface area contributed by atoms with E-state index in [4.69, 9.17) is 11.6 Å². The Morgan fingerprint density at radius 2 is 1.83 bits per heavy atom. The first-order chi connectivity index (χ1) is 11.3. The summed E-state index contributed by atoms with van der Waals surface area (Å²) in [6.45, 7) is 0.171. The van der Waals surface area contributed by atoms with Gasteiger partial charge in [-0.15, -0.1) is 0 Å². The summed E-state index contributed by atoms with van der Waals surface area (Å²) in [5.74, 6) is -1.11. The van der Waals surface area contributed by atoms with E-state index in [1.807, 2.05) is 0 Å². The number of halogens is 4. The molecular formula is C16H10ClF3N2O2. The van der Waals surface area contributed by atoms with Gasteiger partial charge in [0, 0.05) is 5.39 Å². The van der Waals surface area contributed by atoms with Crippen LogP contribution in [-0.2, 0) is 12.7 Å². The van der Waals surface area contributed by atoms with E-state index in [0.29, 0.717) is 21.5 Å². The molecule has 4 nitrogen and oxygen atoms in total. The average Bonchev–Trinajstić information content (AvgIpc) is 2.91. The largest absolute Gasteiger partial charge is 0.478 e. The molecule has 0 aliphatic heterocycles. The van der Waals surface area contributed by atoms with Gasteiger partial charge in [0.2, 0.25) is 0 Å². The summed E-state index contributed by atoms with van der Waals surface area (Å²) in [6.07, 6.45) is -3.01. The zero-order valence-corrected chi connectivity index (χ0v) is 12.8. The quantitative estimate of drug-likeness (QED) is 0.755. The molecule has 2 aromatic carbocycles. The Kier molecular flexibility index (Phi) is 3.96. The third kappa shape index (κ3) is 2.94. The molecule has 3 aromatic rings. The maximum Gasteiger partial charge on any atom is 0.416 e. The van der Waals surface area contributed by atoms with Crippen molar-refractivity contribution in [2.75, 3.05) is 0 Å². The molecule has 1 heterocycles. The number of carbonyl (C=O) groups is 1. The third-order valence-corrected chi connectivity index (χ3v) is 3.90. The van der Waals surface area contributed by atoms with Gasteiger partial charge in [0.15, 0.2) is 0 Å². The van der Waals surface area contributed by atoms with Crippen molar-refractivity contribution < 1.29 is 23.1 Å². The zero-order valence-electron chi connectivity index (χ0n) is 12.0. The first-order valence-electron chi connectivity index (χ1n) is 6.81. The second-order valence-corrected chi connectivity index (χ2v) is 5.57. The molecule has 0 spiro atoms. The molecule has 0 aliphatic carbocycles. The summed E-state index contributed by atoms with van der Waals surface area (Å²) < 4.78 is 39.2. The van der Waals surface area contributed by atoms with Crippen LogP contribution in [0.5, 0.6) is 0 Å². The fourth-order valence-corrected chi connectivity index (χ4v) is 2.70. The van der Waals surface area contributed by atoms with Crippen molar-refractivity contribution in [3.05, 3.63) is 64.3 Å². The zero-order chi connectivity index (χ0) is 17.5. The van der Waals surface area contributed by atoms with Crippen LogP contribution < -0.4 is 0 Å². The van der Waals surface area contributed by atoms with Crippen LogP contribution in [0.2, 0.25) is 5.02 Å². The average molecular weight is 355 g/mol. The second kappa shape index (κ2) is 5.83. The highest BCUT2D eigenvalue weighted by atomic mass is 35.5. The van der Waals surface area contributed by atoms with E-state index in [9.17, 15) is 23.1 Å². The lowest BCUT2D eigenvalue weighted by Gasteiger charge is -2.09. The Hall–Kier alpha value is -2.54. The minimum atomic E-state index is -4.39. The van der Waals surface area contributed by atoms with Crippen LogP contribution in [-0.4, -0.2) is 20.9 Å². The molecule has 0 aliphatic rings. The van der Waals surface area contributed by atoms with Crippen molar-refractivity contribution in [1.82, 2.24) is 9.78 Å². The topological polar surface area (TPSA) is 55.1 Å². The van der Waals surface area contributed by atoms with Crippen LogP contribution in [0.4, 0.5) is 13.2 Å². The molecule has 1 aromatic heterocycles. The van der Waals surface area contributed by atoms with Gasteiger partial charge >= 0.3 is 12.1 Å². The summed E-state index contributed by atoms with van der Waals surface area (Å²) in [5, 5.41) is 14.0. The summed E-state index contributed by atoms with van der Waals surface area (Å²) in [7, 11) is 0. The van der Waals surface area contributed by atoms with E-state index >= 15 is 0 Å². The molecule has 0 unspecified atom stereocenters. The number of carboxylic acid groups (broad SMARTS) is 1. The summed E-state index contributed by atoms with van der Waals surface area (Å²) in [6, 6.07) is 7.53. The highest BCUT2D eigenvalue weighted by molar-refractivity contribution is 6.35. The summed E-state index contributed by atoms with van der Waals surface area (Å²) in [5.41, 5.74) is 0.345. The van der Waals surface area contributed by atoms with Gasteiger partial charge in [-0.05, 0) is 29.8 Å². The molecule has 0 atom stereocenters. The molecule has 1 N–H and O–H groups in total. The first-order valence-corrected chi connectivity index (χ1v) is 7.18. The number of aromatic carboxylic acids is 1. The Bertz CT molecular complexity index is 917. The van der Waals surface area contributed by atoms with E-state index in [1.54, 1.807) is 0 Å². The van der Waals surface area contributed by atoms with Gasteiger partial charge in [0.25, 0.3) is 0 Å². The number of carboxylic acids is 1. The molecule has 8 heteroatoms. The molecule has 3 rings (SSSR count). The Balaban J connectivity index is 1.99. The maximum absolute atomic E-state index is 12.6. The number of hydrogen-bond donors (Lipinski definition) is 1. The van der Waals surface area contributed by atoms with Crippen LogP contribution in [0.3, 0.4) is 0 Å². The minimum absolute atomic E-state index is 0.0630. The van der Waals surface area contributed by atoms with Crippen LogP contribution in [0.1, 0.15) is 21.5 Å². The number of rotatable bonds is 3. The molecule has 124 valence electrons. The van der Waals surface area contributed by atoms with Crippen molar-refractivity contribution >= 4 is 28.5 Å². The molecule has 0 saturated heterocycles. The monoisotopic (exact) mass is 354 g/mol. The predicted octanol–water partition coefficient (Wildman–Crippen LogP) is 4.46.